The Balaban J connectivity index is 2.10. The largest absolute Gasteiger partial charge is 0.435 e. The Morgan fingerprint density at radius 3 is 2.14 bits per heavy atom. The van der Waals surface area contributed by atoms with E-state index in [2.05, 4.69) is 5.10 Å². The molecule has 9 heteroatoms. The summed E-state index contributed by atoms with van der Waals surface area (Å²) < 4.78 is 64.0. The van der Waals surface area contributed by atoms with Crippen LogP contribution in [0.3, 0.4) is 0 Å². The molecule has 148 valence electrons. The zero-order valence-corrected chi connectivity index (χ0v) is 15.6. The minimum Gasteiger partial charge on any atom is -0.396 e. The highest BCUT2D eigenvalue weighted by Gasteiger charge is 2.35. The van der Waals surface area contributed by atoms with Crippen LogP contribution in [-0.2, 0) is 22.4 Å². The van der Waals surface area contributed by atoms with Gasteiger partial charge in [-0.05, 0) is 42.3 Å². The summed E-state index contributed by atoms with van der Waals surface area (Å²) in [5.74, 6) is 0. The third kappa shape index (κ3) is 4.26. The Bertz CT molecular complexity index is 1070. The number of hydrogen-bond donors (Lipinski definition) is 1. The second kappa shape index (κ2) is 7.40. The van der Waals surface area contributed by atoms with Crippen molar-refractivity contribution in [1.29, 1.82) is 0 Å². The van der Waals surface area contributed by atoms with Crippen LogP contribution in [0.1, 0.15) is 11.3 Å². The number of halogens is 3. The summed E-state index contributed by atoms with van der Waals surface area (Å²) in [6.45, 7) is -0.0305. The van der Waals surface area contributed by atoms with E-state index in [9.17, 15) is 21.6 Å². The zero-order valence-electron chi connectivity index (χ0n) is 14.8. The molecule has 1 aromatic heterocycles. The van der Waals surface area contributed by atoms with Gasteiger partial charge < -0.3 is 5.11 Å². The molecule has 0 atom stereocenters. The minimum atomic E-state index is -4.62. The lowest BCUT2D eigenvalue weighted by atomic mass is 10.1. The molecule has 0 fully saturated rings. The average Bonchev–Trinajstić information content (AvgIpc) is 3.08. The van der Waals surface area contributed by atoms with E-state index in [-0.39, 0.29) is 17.2 Å². The van der Waals surface area contributed by atoms with Crippen LogP contribution >= 0.6 is 0 Å². The lowest BCUT2D eigenvalue weighted by Crippen LogP contribution is -2.07. The number of aliphatic hydroxyl groups is 1. The summed E-state index contributed by atoms with van der Waals surface area (Å²) in [5, 5.41) is 12.7. The molecular formula is C19H17F3N2O3S. The normalized spacial score (nSPS) is 12.3. The van der Waals surface area contributed by atoms with Crippen LogP contribution in [0.5, 0.6) is 0 Å². The number of hydrogen-bond acceptors (Lipinski definition) is 4. The van der Waals surface area contributed by atoms with Crippen LogP contribution in [0.4, 0.5) is 13.2 Å². The molecule has 0 amide bonds. The van der Waals surface area contributed by atoms with Crippen molar-refractivity contribution in [2.45, 2.75) is 17.5 Å². The maximum Gasteiger partial charge on any atom is 0.435 e. The van der Waals surface area contributed by atoms with Gasteiger partial charge in [0.1, 0.15) is 0 Å². The molecule has 28 heavy (non-hydrogen) atoms. The molecular weight excluding hydrogens is 393 g/mol. The molecule has 0 aliphatic heterocycles. The van der Waals surface area contributed by atoms with Crippen molar-refractivity contribution >= 4 is 9.84 Å². The molecule has 5 nitrogen and oxygen atoms in total. The number of aromatic nitrogens is 2. The summed E-state index contributed by atoms with van der Waals surface area (Å²) in [6, 6.07) is 13.2. The van der Waals surface area contributed by atoms with E-state index in [0.717, 1.165) is 17.9 Å². The predicted molar refractivity (Wildman–Crippen MR) is 97.9 cm³/mol. The number of benzene rings is 2. The molecule has 2 aromatic carbocycles. The molecule has 0 unspecified atom stereocenters. The minimum absolute atomic E-state index is 0.0305. The van der Waals surface area contributed by atoms with Gasteiger partial charge >= 0.3 is 6.18 Å². The van der Waals surface area contributed by atoms with Crippen molar-refractivity contribution in [3.05, 3.63) is 65.9 Å². The summed E-state index contributed by atoms with van der Waals surface area (Å²) in [4.78, 5) is 0.0757. The highest BCUT2D eigenvalue weighted by Crippen LogP contribution is 2.33. The molecule has 0 spiro atoms. The van der Waals surface area contributed by atoms with Crippen molar-refractivity contribution < 1.29 is 26.7 Å². The molecule has 3 aromatic rings. The topological polar surface area (TPSA) is 72.2 Å². The number of alkyl halides is 3. The third-order valence-corrected chi connectivity index (χ3v) is 5.29. The van der Waals surface area contributed by atoms with E-state index in [1.165, 1.54) is 28.9 Å². The Morgan fingerprint density at radius 2 is 1.64 bits per heavy atom. The van der Waals surface area contributed by atoms with Crippen molar-refractivity contribution in [2.75, 3.05) is 12.9 Å². The lowest BCUT2D eigenvalue weighted by molar-refractivity contribution is -0.141. The molecule has 1 heterocycles. The maximum absolute atomic E-state index is 13.2. The Morgan fingerprint density at radius 1 is 1.04 bits per heavy atom. The monoisotopic (exact) mass is 410 g/mol. The summed E-state index contributed by atoms with van der Waals surface area (Å²) in [5.41, 5.74) is 0.791. The molecule has 0 radical (unpaired) electrons. The fourth-order valence-electron chi connectivity index (χ4n) is 2.73. The van der Waals surface area contributed by atoms with Gasteiger partial charge in [-0.25, -0.2) is 13.1 Å². The van der Waals surface area contributed by atoms with Crippen molar-refractivity contribution in [2.24, 2.45) is 0 Å². The third-order valence-electron chi connectivity index (χ3n) is 4.16. The van der Waals surface area contributed by atoms with Gasteiger partial charge in [0, 0.05) is 18.4 Å². The number of aliphatic hydroxyl groups excluding tert-OH is 1. The summed E-state index contributed by atoms with van der Waals surface area (Å²) >= 11 is 0. The SMILES string of the molecule is CS(=O)(=O)c1ccc(-c2cc(C(F)(F)F)nn2-c2ccc(CCO)cc2)cc1. The number of rotatable bonds is 5. The first-order valence-corrected chi connectivity index (χ1v) is 10.2. The van der Waals surface area contributed by atoms with Crippen molar-refractivity contribution in [3.63, 3.8) is 0 Å². The first-order valence-electron chi connectivity index (χ1n) is 8.27. The summed E-state index contributed by atoms with van der Waals surface area (Å²) in [7, 11) is -3.42. The van der Waals surface area contributed by atoms with E-state index < -0.39 is 21.7 Å². The first kappa shape index (κ1) is 20.1. The van der Waals surface area contributed by atoms with Gasteiger partial charge in [-0.2, -0.15) is 18.3 Å². The Labute approximate surface area is 160 Å². The van der Waals surface area contributed by atoms with Gasteiger partial charge in [-0.15, -0.1) is 0 Å². The van der Waals surface area contributed by atoms with E-state index in [1.807, 2.05) is 0 Å². The highest BCUT2D eigenvalue weighted by atomic mass is 32.2. The molecule has 0 aliphatic rings. The average molecular weight is 410 g/mol. The number of sulfone groups is 1. The highest BCUT2D eigenvalue weighted by molar-refractivity contribution is 7.90. The number of nitrogens with zero attached hydrogens (tertiary/aromatic N) is 2. The van der Waals surface area contributed by atoms with Gasteiger partial charge in [-0.1, -0.05) is 24.3 Å². The van der Waals surface area contributed by atoms with Gasteiger partial charge in [0.05, 0.1) is 16.3 Å². The second-order valence-electron chi connectivity index (χ2n) is 6.26. The van der Waals surface area contributed by atoms with Crippen molar-refractivity contribution in [3.8, 4) is 16.9 Å². The molecule has 0 saturated carbocycles. The van der Waals surface area contributed by atoms with Gasteiger partial charge in [0.15, 0.2) is 15.5 Å². The van der Waals surface area contributed by atoms with E-state index >= 15 is 0 Å². The molecule has 1 N–H and O–H groups in total. The van der Waals surface area contributed by atoms with Crippen LogP contribution in [0.2, 0.25) is 0 Å². The van der Waals surface area contributed by atoms with Crippen LogP contribution in [0.25, 0.3) is 16.9 Å². The van der Waals surface area contributed by atoms with Gasteiger partial charge in [0.25, 0.3) is 0 Å². The Kier molecular flexibility index (Phi) is 5.31. The first-order chi connectivity index (χ1) is 13.1. The Hall–Kier alpha value is -2.65. The van der Waals surface area contributed by atoms with Crippen molar-refractivity contribution in [1.82, 2.24) is 9.78 Å². The smallest absolute Gasteiger partial charge is 0.396 e. The van der Waals surface area contributed by atoms with Gasteiger partial charge in [0.2, 0.25) is 0 Å². The summed E-state index contributed by atoms with van der Waals surface area (Å²) in [6.07, 6.45) is -3.13. The van der Waals surface area contributed by atoms with Crippen LogP contribution in [-0.4, -0.2) is 36.2 Å². The standard InChI is InChI=1S/C19H17F3N2O3S/c1-28(26,27)16-8-4-14(5-9-16)17-12-18(19(20,21)22)23-24(17)15-6-2-13(3-7-15)10-11-25/h2-9,12,25H,10-11H2,1H3. The molecule has 3 rings (SSSR count). The van der Waals surface area contributed by atoms with Crippen LogP contribution < -0.4 is 0 Å². The van der Waals surface area contributed by atoms with Crippen LogP contribution in [0, 0.1) is 0 Å². The fraction of sp³-hybridized carbons (Fsp3) is 0.211. The zero-order chi connectivity index (χ0) is 20.5. The van der Waals surface area contributed by atoms with Crippen LogP contribution in [0.15, 0.2) is 59.5 Å². The molecule has 0 saturated heterocycles. The van der Waals surface area contributed by atoms with Gasteiger partial charge in [-0.3, -0.25) is 0 Å². The fourth-order valence-corrected chi connectivity index (χ4v) is 3.36. The molecule has 0 aliphatic carbocycles. The second-order valence-corrected chi connectivity index (χ2v) is 8.28. The predicted octanol–water partition coefficient (Wildman–Crippen LogP) is 3.50. The van der Waals surface area contributed by atoms with E-state index in [0.29, 0.717) is 17.7 Å². The quantitative estimate of drug-likeness (QED) is 0.699. The van der Waals surface area contributed by atoms with E-state index in [1.54, 1.807) is 24.3 Å². The van der Waals surface area contributed by atoms with E-state index in [4.69, 9.17) is 5.11 Å². The maximum atomic E-state index is 13.2. The lowest BCUT2D eigenvalue weighted by Gasteiger charge is -2.09. The molecule has 0 bridgehead atoms.